The second-order valence-electron chi connectivity index (χ2n) is 7.70. The lowest BCUT2D eigenvalue weighted by atomic mass is 9.68. The number of hydrogen-bond donors (Lipinski definition) is 0. The number of Topliss-reactive ketones (excluding diaryl/α,β-unsaturated/α-hetero) is 1. The summed E-state index contributed by atoms with van der Waals surface area (Å²) in [6.07, 6.45) is 12.7. The number of carbonyl (C=O) groups is 1. The maximum absolute atomic E-state index is 13.0. The van der Waals surface area contributed by atoms with Crippen LogP contribution in [0, 0.1) is 11.3 Å². The average molecular weight is 332 g/mol. The van der Waals surface area contributed by atoms with Crippen LogP contribution in [-0.2, 0) is 4.79 Å². The van der Waals surface area contributed by atoms with E-state index in [1.54, 1.807) is 24.8 Å². The van der Waals surface area contributed by atoms with E-state index in [4.69, 9.17) is 0 Å². The molecule has 0 amide bonds. The monoisotopic (exact) mass is 332 g/mol. The van der Waals surface area contributed by atoms with Gasteiger partial charge in [-0.1, -0.05) is 20.8 Å². The van der Waals surface area contributed by atoms with E-state index in [0.29, 0.717) is 5.92 Å². The molecule has 1 aliphatic carbocycles. The maximum atomic E-state index is 13.0. The lowest BCUT2D eigenvalue weighted by Crippen LogP contribution is -2.29. The number of ketones is 1. The third-order valence-electron chi connectivity index (χ3n) is 4.83. The van der Waals surface area contributed by atoms with Gasteiger partial charge in [0.05, 0.1) is 0 Å². The van der Waals surface area contributed by atoms with Crippen LogP contribution < -0.4 is 0 Å². The molecule has 1 aliphatic rings. The summed E-state index contributed by atoms with van der Waals surface area (Å²) in [7, 11) is 0. The van der Waals surface area contributed by atoms with Gasteiger partial charge >= 0.3 is 0 Å². The highest BCUT2D eigenvalue weighted by Crippen LogP contribution is 2.41. The molecule has 128 valence electrons. The van der Waals surface area contributed by atoms with Crippen LogP contribution in [-0.4, -0.2) is 15.8 Å². The van der Waals surface area contributed by atoms with E-state index in [1.165, 1.54) is 0 Å². The fourth-order valence-electron chi connectivity index (χ4n) is 3.18. The molecule has 3 nitrogen and oxygen atoms in total. The molecule has 1 saturated carbocycles. The van der Waals surface area contributed by atoms with E-state index in [2.05, 4.69) is 30.7 Å². The molecular formula is C22H24N2O. The molecule has 0 aliphatic heterocycles. The van der Waals surface area contributed by atoms with Crippen molar-refractivity contribution < 1.29 is 4.79 Å². The first-order valence-electron chi connectivity index (χ1n) is 8.69. The second kappa shape index (κ2) is 7.14. The summed E-state index contributed by atoms with van der Waals surface area (Å²) in [5, 5.41) is 0. The van der Waals surface area contributed by atoms with E-state index >= 15 is 0 Å². The zero-order chi connectivity index (χ0) is 17.9. The van der Waals surface area contributed by atoms with Gasteiger partial charge in [0.1, 0.15) is 0 Å². The smallest absolute Gasteiger partial charge is 0.185 e. The van der Waals surface area contributed by atoms with Crippen molar-refractivity contribution in [2.75, 3.05) is 0 Å². The number of rotatable bonds is 2. The molecule has 0 spiro atoms. The Morgan fingerprint density at radius 3 is 1.60 bits per heavy atom. The zero-order valence-electron chi connectivity index (χ0n) is 15.1. The van der Waals surface area contributed by atoms with Gasteiger partial charge in [0.25, 0.3) is 0 Å². The number of aromatic nitrogens is 2. The Kier molecular flexibility index (Phi) is 4.93. The topological polar surface area (TPSA) is 42.9 Å². The van der Waals surface area contributed by atoms with Crippen molar-refractivity contribution in [3.8, 4) is 0 Å². The van der Waals surface area contributed by atoms with Gasteiger partial charge in [-0.05, 0) is 71.7 Å². The Labute approximate surface area is 149 Å². The first kappa shape index (κ1) is 17.3. The van der Waals surface area contributed by atoms with Crippen molar-refractivity contribution in [1.82, 2.24) is 9.97 Å². The fraction of sp³-hybridized carbons (Fsp3) is 0.318. The molecule has 0 saturated heterocycles. The first-order valence-corrected chi connectivity index (χ1v) is 8.69. The molecule has 1 unspecified atom stereocenters. The number of nitrogens with zero attached hydrogens (tertiary/aromatic N) is 2. The summed E-state index contributed by atoms with van der Waals surface area (Å²) in [4.78, 5) is 21.1. The van der Waals surface area contributed by atoms with Gasteiger partial charge in [-0.2, -0.15) is 0 Å². The Hall–Kier alpha value is -2.55. The molecule has 0 bridgehead atoms. The molecular weight excluding hydrogens is 308 g/mol. The van der Waals surface area contributed by atoms with Crippen molar-refractivity contribution in [3.05, 3.63) is 71.3 Å². The third-order valence-corrected chi connectivity index (χ3v) is 4.83. The number of allylic oxidation sites excluding steroid dienone is 2. The standard InChI is InChI=1S/C22H24N2O/c1-22(2,3)20-14-18(12-16-4-8-23-9-5-16)21(25)19(15-20)13-17-6-10-24-11-7-17/h4-13,20H,14-15H2,1-3H3/b18-12-,19-13+. The summed E-state index contributed by atoms with van der Waals surface area (Å²) in [6, 6.07) is 7.75. The van der Waals surface area contributed by atoms with Gasteiger partial charge in [0.15, 0.2) is 5.78 Å². The lowest BCUT2D eigenvalue weighted by molar-refractivity contribution is -0.113. The molecule has 0 N–H and O–H groups in total. The minimum atomic E-state index is 0.148. The van der Waals surface area contributed by atoms with Crippen molar-refractivity contribution in [3.63, 3.8) is 0 Å². The van der Waals surface area contributed by atoms with Gasteiger partial charge in [-0.25, -0.2) is 0 Å². The zero-order valence-corrected chi connectivity index (χ0v) is 15.1. The number of carbonyl (C=O) groups excluding carboxylic acids is 1. The van der Waals surface area contributed by atoms with Gasteiger partial charge in [0, 0.05) is 35.9 Å². The first-order chi connectivity index (χ1) is 11.9. The van der Waals surface area contributed by atoms with E-state index < -0.39 is 0 Å². The molecule has 0 aromatic carbocycles. The van der Waals surface area contributed by atoms with Crippen molar-refractivity contribution in [2.45, 2.75) is 33.6 Å². The van der Waals surface area contributed by atoms with Crippen LogP contribution in [0.4, 0.5) is 0 Å². The highest BCUT2D eigenvalue weighted by atomic mass is 16.1. The Balaban J connectivity index is 2.00. The lowest BCUT2D eigenvalue weighted by Gasteiger charge is -2.35. The van der Waals surface area contributed by atoms with Crippen molar-refractivity contribution >= 4 is 17.9 Å². The SMILES string of the molecule is CC(C)(C)C1C/C(=C/c2ccncc2)C(=O)/C(=C/c2ccncc2)C1. The van der Waals surface area contributed by atoms with Gasteiger partial charge in [-0.15, -0.1) is 0 Å². The minimum absolute atomic E-state index is 0.148. The summed E-state index contributed by atoms with van der Waals surface area (Å²) in [6.45, 7) is 6.75. The molecule has 25 heavy (non-hydrogen) atoms. The summed E-state index contributed by atoms with van der Waals surface area (Å²) in [5.74, 6) is 0.598. The highest BCUT2D eigenvalue weighted by molar-refractivity contribution is 6.14. The van der Waals surface area contributed by atoms with Crippen LogP contribution in [0.1, 0.15) is 44.7 Å². The van der Waals surface area contributed by atoms with Crippen LogP contribution in [0.25, 0.3) is 12.2 Å². The number of hydrogen-bond acceptors (Lipinski definition) is 3. The molecule has 1 fully saturated rings. The molecule has 2 aromatic rings. The Bertz CT molecular complexity index is 737. The third kappa shape index (κ3) is 4.30. The van der Waals surface area contributed by atoms with Crippen LogP contribution in [0.3, 0.4) is 0 Å². The van der Waals surface area contributed by atoms with Gasteiger partial charge < -0.3 is 0 Å². The molecule has 3 rings (SSSR count). The van der Waals surface area contributed by atoms with E-state index in [9.17, 15) is 4.79 Å². The quantitative estimate of drug-likeness (QED) is 0.729. The normalized spacial score (nSPS) is 21.7. The van der Waals surface area contributed by atoms with E-state index in [1.807, 2.05) is 36.4 Å². The van der Waals surface area contributed by atoms with Crippen molar-refractivity contribution in [2.24, 2.45) is 11.3 Å². The van der Waals surface area contributed by atoms with Crippen LogP contribution >= 0.6 is 0 Å². The molecule has 1 atom stereocenters. The average Bonchev–Trinajstić information content (AvgIpc) is 2.59. The number of pyridine rings is 2. The summed E-state index contributed by atoms with van der Waals surface area (Å²) < 4.78 is 0. The molecule has 0 radical (unpaired) electrons. The van der Waals surface area contributed by atoms with Gasteiger partial charge in [0.2, 0.25) is 0 Å². The summed E-state index contributed by atoms with van der Waals surface area (Å²) in [5.41, 5.74) is 3.97. The predicted molar refractivity (Wildman–Crippen MR) is 102 cm³/mol. The maximum Gasteiger partial charge on any atom is 0.185 e. The highest BCUT2D eigenvalue weighted by Gasteiger charge is 2.34. The van der Waals surface area contributed by atoms with E-state index in [-0.39, 0.29) is 11.2 Å². The second-order valence-corrected chi connectivity index (χ2v) is 7.70. The minimum Gasteiger partial charge on any atom is -0.289 e. The molecule has 2 aromatic heterocycles. The Morgan fingerprint density at radius 2 is 1.24 bits per heavy atom. The predicted octanol–water partition coefficient (Wildman–Crippen LogP) is 4.97. The molecule has 3 heteroatoms. The van der Waals surface area contributed by atoms with Gasteiger partial charge in [-0.3, -0.25) is 14.8 Å². The van der Waals surface area contributed by atoms with Crippen LogP contribution in [0.2, 0.25) is 0 Å². The largest absolute Gasteiger partial charge is 0.289 e. The van der Waals surface area contributed by atoms with E-state index in [0.717, 1.165) is 35.1 Å². The van der Waals surface area contributed by atoms with Crippen LogP contribution in [0.15, 0.2) is 60.2 Å². The summed E-state index contributed by atoms with van der Waals surface area (Å²) >= 11 is 0. The Morgan fingerprint density at radius 1 is 0.840 bits per heavy atom. The molecule has 2 heterocycles. The fourth-order valence-corrected chi connectivity index (χ4v) is 3.18. The van der Waals surface area contributed by atoms with Crippen molar-refractivity contribution in [1.29, 1.82) is 0 Å². The van der Waals surface area contributed by atoms with Crippen LogP contribution in [0.5, 0.6) is 0 Å².